The molecule has 0 atom stereocenters. The fraction of sp³-hybridized carbons (Fsp3) is 0. The van der Waals surface area contributed by atoms with Gasteiger partial charge in [-0.1, -0.05) is 0 Å². The van der Waals surface area contributed by atoms with Crippen LogP contribution in [-0.2, 0) is 0 Å². The summed E-state index contributed by atoms with van der Waals surface area (Å²) in [7, 11) is 0. The summed E-state index contributed by atoms with van der Waals surface area (Å²) in [5.74, 6) is -0.0106. The standard InChI is InChI=1S/C11H10BrN5O/c12-9-4-16-10(5-15-9)17-11(18)7-2-1-6(13)3-8(7)14/h1-5H,13-14H2,(H,16,17,18). The molecule has 0 unspecified atom stereocenters. The van der Waals surface area contributed by atoms with Crippen molar-refractivity contribution in [3.8, 4) is 0 Å². The lowest BCUT2D eigenvalue weighted by Gasteiger charge is -2.07. The molecule has 0 saturated heterocycles. The van der Waals surface area contributed by atoms with E-state index in [1.54, 1.807) is 12.1 Å². The second kappa shape index (κ2) is 5.01. The Morgan fingerprint density at radius 1 is 1.22 bits per heavy atom. The molecule has 0 aliphatic heterocycles. The van der Waals surface area contributed by atoms with Crippen LogP contribution in [0.5, 0.6) is 0 Å². The predicted octanol–water partition coefficient (Wildman–Crippen LogP) is 1.66. The summed E-state index contributed by atoms with van der Waals surface area (Å²) < 4.78 is 0.590. The van der Waals surface area contributed by atoms with Gasteiger partial charge in [0.1, 0.15) is 4.60 Å². The van der Waals surface area contributed by atoms with E-state index < -0.39 is 0 Å². The molecule has 92 valence electrons. The third-order valence-corrected chi connectivity index (χ3v) is 2.59. The van der Waals surface area contributed by atoms with Crippen molar-refractivity contribution >= 4 is 39.0 Å². The second-order valence-corrected chi connectivity index (χ2v) is 4.34. The van der Waals surface area contributed by atoms with Crippen LogP contribution in [0.3, 0.4) is 0 Å². The van der Waals surface area contributed by atoms with E-state index in [9.17, 15) is 4.79 Å². The van der Waals surface area contributed by atoms with Crippen molar-refractivity contribution in [3.05, 3.63) is 40.8 Å². The van der Waals surface area contributed by atoms with Crippen LogP contribution in [0.2, 0.25) is 0 Å². The number of rotatable bonds is 2. The van der Waals surface area contributed by atoms with Gasteiger partial charge in [0.05, 0.1) is 18.0 Å². The number of nitrogens with zero attached hydrogens (tertiary/aromatic N) is 2. The molecule has 1 aromatic heterocycles. The minimum Gasteiger partial charge on any atom is -0.399 e. The van der Waals surface area contributed by atoms with E-state index in [0.29, 0.717) is 27.4 Å². The van der Waals surface area contributed by atoms with Gasteiger partial charge in [-0.2, -0.15) is 0 Å². The third kappa shape index (κ3) is 2.75. The van der Waals surface area contributed by atoms with Gasteiger partial charge in [-0.05, 0) is 34.1 Å². The molecule has 0 aliphatic carbocycles. The highest BCUT2D eigenvalue weighted by Crippen LogP contribution is 2.17. The molecule has 0 bridgehead atoms. The number of nitrogen functional groups attached to an aromatic ring is 2. The lowest BCUT2D eigenvalue weighted by molar-refractivity contribution is 0.102. The Morgan fingerprint density at radius 2 is 2.00 bits per heavy atom. The van der Waals surface area contributed by atoms with Gasteiger partial charge in [0.25, 0.3) is 5.91 Å². The van der Waals surface area contributed by atoms with Crippen LogP contribution in [-0.4, -0.2) is 15.9 Å². The number of carbonyl (C=O) groups is 1. The van der Waals surface area contributed by atoms with Crippen molar-refractivity contribution in [1.29, 1.82) is 0 Å². The minimum absolute atomic E-state index is 0.317. The van der Waals surface area contributed by atoms with Crippen LogP contribution < -0.4 is 16.8 Å². The number of aromatic nitrogens is 2. The van der Waals surface area contributed by atoms with E-state index in [4.69, 9.17) is 11.5 Å². The molecule has 0 fully saturated rings. The van der Waals surface area contributed by atoms with Gasteiger partial charge in [0.2, 0.25) is 0 Å². The summed E-state index contributed by atoms with van der Waals surface area (Å²) in [6.07, 6.45) is 2.93. The summed E-state index contributed by atoms with van der Waals surface area (Å²) in [4.78, 5) is 19.9. The average Bonchev–Trinajstić information content (AvgIpc) is 2.32. The molecule has 18 heavy (non-hydrogen) atoms. The van der Waals surface area contributed by atoms with Crippen molar-refractivity contribution in [3.63, 3.8) is 0 Å². The molecule has 6 nitrogen and oxygen atoms in total. The molecule has 7 heteroatoms. The zero-order valence-corrected chi connectivity index (χ0v) is 10.8. The quantitative estimate of drug-likeness (QED) is 0.731. The molecule has 5 N–H and O–H groups in total. The number of carbonyl (C=O) groups excluding carboxylic acids is 1. The van der Waals surface area contributed by atoms with Gasteiger partial charge in [-0.25, -0.2) is 9.97 Å². The van der Waals surface area contributed by atoms with E-state index in [-0.39, 0.29) is 5.91 Å². The highest BCUT2D eigenvalue weighted by Gasteiger charge is 2.10. The molecule has 2 aromatic rings. The van der Waals surface area contributed by atoms with Crippen LogP contribution in [0.4, 0.5) is 17.2 Å². The van der Waals surface area contributed by atoms with E-state index in [2.05, 4.69) is 31.2 Å². The number of halogens is 1. The molecule has 0 saturated carbocycles. The lowest BCUT2D eigenvalue weighted by atomic mass is 10.1. The Hall–Kier alpha value is -2.15. The number of nitrogens with one attached hydrogen (secondary N) is 1. The van der Waals surface area contributed by atoms with Crippen molar-refractivity contribution in [2.75, 3.05) is 16.8 Å². The molecule has 1 aromatic carbocycles. The molecule has 0 radical (unpaired) electrons. The smallest absolute Gasteiger partial charge is 0.258 e. The van der Waals surface area contributed by atoms with Gasteiger partial charge in [-0.15, -0.1) is 0 Å². The second-order valence-electron chi connectivity index (χ2n) is 3.53. The first-order valence-corrected chi connectivity index (χ1v) is 5.79. The van der Waals surface area contributed by atoms with Crippen molar-refractivity contribution in [2.45, 2.75) is 0 Å². The van der Waals surface area contributed by atoms with Crippen molar-refractivity contribution < 1.29 is 4.79 Å². The van der Waals surface area contributed by atoms with Gasteiger partial charge in [-0.3, -0.25) is 4.79 Å². The fourth-order valence-corrected chi connectivity index (χ4v) is 1.55. The highest BCUT2D eigenvalue weighted by atomic mass is 79.9. The number of nitrogens with two attached hydrogens (primary N) is 2. The number of amides is 1. The monoisotopic (exact) mass is 307 g/mol. The zero-order valence-electron chi connectivity index (χ0n) is 9.22. The van der Waals surface area contributed by atoms with Gasteiger partial charge in [0, 0.05) is 11.4 Å². The summed E-state index contributed by atoms with van der Waals surface area (Å²) in [6, 6.07) is 4.70. The largest absolute Gasteiger partial charge is 0.399 e. The van der Waals surface area contributed by atoms with Gasteiger partial charge >= 0.3 is 0 Å². The maximum absolute atomic E-state index is 11.9. The molecule has 0 aliphatic rings. The molecular formula is C11H10BrN5O. The SMILES string of the molecule is Nc1ccc(C(=O)Nc2cnc(Br)cn2)c(N)c1. The van der Waals surface area contributed by atoms with Crippen LogP contribution in [0.1, 0.15) is 10.4 Å². The zero-order chi connectivity index (χ0) is 13.1. The van der Waals surface area contributed by atoms with E-state index in [0.717, 1.165) is 0 Å². The Bertz CT molecular complexity index is 584. The first-order valence-electron chi connectivity index (χ1n) is 5.00. The van der Waals surface area contributed by atoms with Gasteiger partial charge in [0.15, 0.2) is 5.82 Å². The Balaban J connectivity index is 2.19. The molecule has 0 spiro atoms. The van der Waals surface area contributed by atoms with E-state index in [1.807, 2.05) is 0 Å². The Kier molecular flexibility index (Phi) is 3.42. The lowest BCUT2D eigenvalue weighted by Crippen LogP contribution is -2.15. The molecule has 1 amide bonds. The maximum atomic E-state index is 11.9. The van der Waals surface area contributed by atoms with Crippen LogP contribution >= 0.6 is 15.9 Å². The molecular weight excluding hydrogens is 298 g/mol. The number of anilines is 3. The van der Waals surface area contributed by atoms with Crippen LogP contribution in [0.15, 0.2) is 35.2 Å². The fourth-order valence-electron chi connectivity index (χ4n) is 1.35. The first-order chi connectivity index (χ1) is 8.56. The normalized spacial score (nSPS) is 10.1. The first kappa shape index (κ1) is 12.3. The summed E-state index contributed by atoms with van der Waals surface area (Å²) in [6.45, 7) is 0. The summed E-state index contributed by atoms with van der Waals surface area (Å²) in [5.41, 5.74) is 12.4. The van der Waals surface area contributed by atoms with Gasteiger partial charge < -0.3 is 16.8 Å². The molecule has 1 heterocycles. The van der Waals surface area contributed by atoms with Crippen LogP contribution in [0, 0.1) is 0 Å². The van der Waals surface area contributed by atoms with E-state index >= 15 is 0 Å². The predicted molar refractivity (Wildman–Crippen MR) is 73.0 cm³/mol. The third-order valence-electron chi connectivity index (χ3n) is 2.18. The summed E-state index contributed by atoms with van der Waals surface area (Å²) >= 11 is 3.16. The highest BCUT2D eigenvalue weighted by molar-refractivity contribution is 9.10. The summed E-state index contributed by atoms with van der Waals surface area (Å²) in [5, 5.41) is 2.59. The number of hydrogen-bond donors (Lipinski definition) is 3. The Labute approximate surface area is 112 Å². The Morgan fingerprint density at radius 3 is 2.61 bits per heavy atom. The van der Waals surface area contributed by atoms with Crippen molar-refractivity contribution in [2.24, 2.45) is 0 Å². The maximum Gasteiger partial charge on any atom is 0.258 e. The van der Waals surface area contributed by atoms with Crippen molar-refractivity contribution in [1.82, 2.24) is 9.97 Å². The topological polar surface area (TPSA) is 107 Å². The van der Waals surface area contributed by atoms with E-state index in [1.165, 1.54) is 18.5 Å². The number of hydrogen-bond acceptors (Lipinski definition) is 5. The molecule has 2 rings (SSSR count). The number of benzene rings is 1. The average molecular weight is 308 g/mol. The minimum atomic E-state index is -0.357. The van der Waals surface area contributed by atoms with Crippen LogP contribution in [0.25, 0.3) is 0 Å².